The van der Waals surface area contributed by atoms with Crippen molar-refractivity contribution in [2.24, 2.45) is 0 Å². The molecule has 27 heavy (non-hydrogen) atoms. The number of rotatable bonds is 7. The summed E-state index contributed by atoms with van der Waals surface area (Å²) in [5.74, 6) is 1.21. The van der Waals surface area contributed by atoms with Crippen LogP contribution in [0.5, 0.6) is 0 Å². The Bertz CT molecular complexity index is 867. The topological polar surface area (TPSA) is 97.3 Å². The summed E-state index contributed by atoms with van der Waals surface area (Å²) in [7, 11) is 0. The lowest BCUT2D eigenvalue weighted by molar-refractivity contribution is -0.116. The third-order valence-corrected chi connectivity index (χ3v) is 5.21. The maximum atomic E-state index is 12.2. The van der Waals surface area contributed by atoms with Crippen molar-refractivity contribution in [3.63, 3.8) is 0 Å². The largest absolute Gasteiger partial charge is 0.461 e. The number of carbonyl (C=O) groups excluding carboxylic acids is 1. The number of hydrogen-bond donors (Lipinski definition) is 1. The van der Waals surface area contributed by atoms with Crippen LogP contribution in [0.3, 0.4) is 0 Å². The summed E-state index contributed by atoms with van der Waals surface area (Å²) < 4.78 is 10.4. The molecule has 0 bridgehead atoms. The molecule has 4 rings (SSSR count). The van der Waals surface area contributed by atoms with Crippen LogP contribution in [0.25, 0.3) is 11.6 Å². The van der Waals surface area contributed by atoms with E-state index in [9.17, 15) is 4.79 Å². The molecule has 0 unspecified atom stereocenters. The van der Waals surface area contributed by atoms with E-state index in [1.165, 1.54) is 30.6 Å². The summed E-state index contributed by atoms with van der Waals surface area (Å²) in [6.07, 6.45) is 5.99. The summed E-state index contributed by atoms with van der Waals surface area (Å²) in [6, 6.07) is 3.51. The highest BCUT2D eigenvalue weighted by molar-refractivity contribution is 7.13. The van der Waals surface area contributed by atoms with Gasteiger partial charge in [0.05, 0.1) is 12.0 Å². The Hall–Kier alpha value is -2.52. The standard InChI is InChI=1S/C18H21N5O3S/c24-15(6-7-16-21-17(22-26-16)14-5-4-10-25-14)20-18-19-13(12-27-18)11-23-8-2-1-3-9-23/h4-5,10,12H,1-3,6-9,11H2,(H,19,20,24). The first-order valence-corrected chi connectivity index (χ1v) is 9.97. The molecule has 0 aliphatic carbocycles. The summed E-state index contributed by atoms with van der Waals surface area (Å²) in [4.78, 5) is 23.3. The molecule has 4 heterocycles. The van der Waals surface area contributed by atoms with Gasteiger partial charge in [-0.1, -0.05) is 11.6 Å². The Labute approximate surface area is 160 Å². The van der Waals surface area contributed by atoms with Gasteiger partial charge >= 0.3 is 0 Å². The molecule has 142 valence electrons. The van der Waals surface area contributed by atoms with E-state index in [4.69, 9.17) is 8.94 Å². The molecule has 9 heteroatoms. The highest BCUT2D eigenvalue weighted by atomic mass is 32.1. The number of hydrogen-bond acceptors (Lipinski definition) is 8. The number of amides is 1. The van der Waals surface area contributed by atoms with Crippen LogP contribution < -0.4 is 5.32 Å². The van der Waals surface area contributed by atoms with Crippen molar-refractivity contribution in [3.05, 3.63) is 35.4 Å². The van der Waals surface area contributed by atoms with E-state index in [2.05, 4.69) is 25.3 Å². The molecule has 1 aliphatic rings. The van der Waals surface area contributed by atoms with Crippen LogP contribution >= 0.6 is 11.3 Å². The Morgan fingerprint density at radius 2 is 2.15 bits per heavy atom. The molecular formula is C18H21N5O3S. The maximum Gasteiger partial charge on any atom is 0.238 e. The Kier molecular flexibility index (Phi) is 5.59. The van der Waals surface area contributed by atoms with Crippen molar-refractivity contribution < 1.29 is 13.7 Å². The average molecular weight is 387 g/mol. The molecule has 1 amide bonds. The zero-order valence-corrected chi connectivity index (χ0v) is 15.7. The molecule has 1 saturated heterocycles. The number of likely N-dealkylation sites (tertiary alicyclic amines) is 1. The predicted molar refractivity (Wildman–Crippen MR) is 100 cm³/mol. The predicted octanol–water partition coefficient (Wildman–Crippen LogP) is 3.34. The fraction of sp³-hybridized carbons (Fsp3) is 0.444. The van der Waals surface area contributed by atoms with Crippen LogP contribution in [0, 0.1) is 0 Å². The zero-order valence-electron chi connectivity index (χ0n) is 14.9. The van der Waals surface area contributed by atoms with Crippen molar-refractivity contribution in [2.75, 3.05) is 18.4 Å². The van der Waals surface area contributed by atoms with Gasteiger partial charge in [-0.2, -0.15) is 4.98 Å². The van der Waals surface area contributed by atoms with Gasteiger partial charge in [-0.3, -0.25) is 9.69 Å². The normalized spacial score (nSPS) is 15.1. The second-order valence-electron chi connectivity index (χ2n) is 6.52. The van der Waals surface area contributed by atoms with Gasteiger partial charge in [0, 0.05) is 24.8 Å². The van der Waals surface area contributed by atoms with Gasteiger partial charge in [-0.05, 0) is 38.1 Å². The third-order valence-electron chi connectivity index (χ3n) is 4.41. The lowest BCUT2D eigenvalue weighted by atomic mass is 10.1. The minimum absolute atomic E-state index is 0.119. The van der Waals surface area contributed by atoms with E-state index >= 15 is 0 Å². The molecule has 0 saturated carbocycles. The van der Waals surface area contributed by atoms with Crippen molar-refractivity contribution >= 4 is 22.4 Å². The smallest absolute Gasteiger partial charge is 0.238 e. The summed E-state index contributed by atoms with van der Waals surface area (Å²) in [6.45, 7) is 3.11. The Morgan fingerprint density at radius 3 is 2.96 bits per heavy atom. The van der Waals surface area contributed by atoms with Crippen LogP contribution in [0.1, 0.15) is 37.3 Å². The number of thiazole rings is 1. The summed E-state index contributed by atoms with van der Waals surface area (Å²) in [5.41, 5.74) is 1.01. The number of nitrogens with zero attached hydrogens (tertiary/aromatic N) is 4. The molecule has 1 fully saturated rings. The third kappa shape index (κ3) is 4.81. The molecule has 3 aromatic rings. The quantitative estimate of drug-likeness (QED) is 0.664. The summed E-state index contributed by atoms with van der Waals surface area (Å²) >= 11 is 1.46. The minimum atomic E-state index is -0.119. The fourth-order valence-corrected chi connectivity index (χ4v) is 3.77. The average Bonchev–Trinajstić information content (AvgIpc) is 3.43. The van der Waals surface area contributed by atoms with Crippen LogP contribution in [-0.2, 0) is 17.8 Å². The SMILES string of the molecule is O=C(CCc1nc(-c2ccco2)no1)Nc1nc(CN2CCCCC2)cs1. The number of carbonyl (C=O) groups is 1. The zero-order chi connectivity index (χ0) is 18.5. The number of aromatic nitrogens is 3. The van der Waals surface area contributed by atoms with Crippen molar-refractivity contribution in [3.8, 4) is 11.6 Å². The number of furan rings is 1. The van der Waals surface area contributed by atoms with Crippen LogP contribution in [-0.4, -0.2) is 39.0 Å². The van der Waals surface area contributed by atoms with Gasteiger partial charge in [0.25, 0.3) is 0 Å². The molecule has 3 aromatic heterocycles. The van der Waals surface area contributed by atoms with Gasteiger partial charge in [0.2, 0.25) is 17.6 Å². The minimum Gasteiger partial charge on any atom is -0.461 e. The molecule has 0 radical (unpaired) electrons. The second-order valence-corrected chi connectivity index (χ2v) is 7.38. The molecule has 1 N–H and O–H groups in total. The number of nitrogens with one attached hydrogen (secondary N) is 1. The van der Waals surface area contributed by atoms with Gasteiger partial charge in [-0.15, -0.1) is 11.3 Å². The first-order valence-electron chi connectivity index (χ1n) is 9.09. The van der Waals surface area contributed by atoms with Crippen molar-refractivity contribution in [2.45, 2.75) is 38.6 Å². The monoisotopic (exact) mass is 387 g/mol. The van der Waals surface area contributed by atoms with E-state index in [1.54, 1.807) is 18.4 Å². The number of aryl methyl sites for hydroxylation is 1. The fourth-order valence-electron chi connectivity index (χ4n) is 3.05. The highest BCUT2D eigenvalue weighted by Crippen LogP contribution is 2.20. The summed E-state index contributed by atoms with van der Waals surface area (Å²) in [5, 5.41) is 9.34. The van der Waals surface area contributed by atoms with Gasteiger partial charge in [0.15, 0.2) is 10.9 Å². The van der Waals surface area contributed by atoms with Gasteiger partial charge in [0.1, 0.15) is 0 Å². The molecule has 0 spiro atoms. The first-order chi connectivity index (χ1) is 13.3. The van der Waals surface area contributed by atoms with Gasteiger partial charge < -0.3 is 14.3 Å². The molecule has 8 nitrogen and oxygen atoms in total. The Balaban J connectivity index is 1.25. The van der Waals surface area contributed by atoms with E-state index < -0.39 is 0 Å². The highest BCUT2D eigenvalue weighted by Gasteiger charge is 2.15. The van der Waals surface area contributed by atoms with Crippen molar-refractivity contribution in [1.82, 2.24) is 20.0 Å². The van der Waals surface area contributed by atoms with E-state index in [0.29, 0.717) is 29.0 Å². The van der Waals surface area contributed by atoms with Crippen LogP contribution in [0.15, 0.2) is 32.7 Å². The number of piperidine rings is 1. The molecule has 0 aromatic carbocycles. The van der Waals surface area contributed by atoms with Crippen LogP contribution in [0.2, 0.25) is 0 Å². The lowest BCUT2D eigenvalue weighted by Crippen LogP contribution is -2.29. The van der Waals surface area contributed by atoms with Crippen molar-refractivity contribution in [1.29, 1.82) is 0 Å². The molecular weight excluding hydrogens is 366 g/mol. The van der Waals surface area contributed by atoms with E-state index in [0.717, 1.165) is 25.3 Å². The van der Waals surface area contributed by atoms with E-state index in [1.807, 2.05) is 5.38 Å². The lowest BCUT2D eigenvalue weighted by Gasteiger charge is -2.25. The Morgan fingerprint density at radius 1 is 1.26 bits per heavy atom. The van der Waals surface area contributed by atoms with E-state index in [-0.39, 0.29) is 12.3 Å². The van der Waals surface area contributed by atoms with Crippen LogP contribution in [0.4, 0.5) is 5.13 Å². The number of anilines is 1. The second kappa shape index (κ2) is 8.45. The molecule has 1 aliphatic heterocycles. The van der Waals surface area contributed by atoms with Gasteiger partial charge in [-0.25, -0.2) is 4.98 Å². The first kappa shape index (κ1) is 17.9. The maximum absolute atomic E-state index is 12.2. The molecule has 0 atom stereocenters.